The summed E-state index contributed by atoms with van der Waals surface area (Å²) in [6.07, 6.45) is 2.93. The average Bonchev–Trinajstić information content (AvgIpc) is 2.85. The van der Waals surface area contributed by atoms with Crippen molar-refractivity contribution in [2.45, 2.75) is 40.3 Å². The van der Waals surface area contributed by atoms with E-state index >= 15 is 0 Å². The fourth-order valence-corrected chi connectivity index (χ4v) is 3.70. The molecule has 0 fully saturated rings. The van der Waals surface area contributed by atoms with Crippen LogP contribution in [-0.4, -0.2) is 22.4 Å². The zero-order valence-corrected chi connectivity index (χ0v) is 13.9. The number of aromatic nitrogens is 2. The molecule has 0 bridgehead atoms. The molecule has 0 aromatic carbocycles. The maximum Gasteiger partial charge on any atom is 0.263 e. The minimum atomic E-state index is -0.0472. The van der Waals surface area contributed by atoms with E-state index in [9.17, 15) is 4.79 Å². The first-order valence-corrected chi connectivity index (χ1v) is 8.27. The number of thiazole rings is 1. The van der Waals surface area contributed by atoms with Crippen molar-refractivity contribution in [3.8, 4) is 0 Å². The predicted octanol–water partition coefficient (Wildman–Crippen LogP) is 2.04. The van der Waals surface area contributed by atoms with Gasteiger partial charge in [0.05, 0.1) is 10.7 Å². The van der Waals surface area contributed by atoms with Crippen LogP contribution in [0, 0.1) is 20.8 Å². The van der Waals surface area contributed by atoms with Crippen LogP contribution in [0.5, 0.6) is 0 Å². The van der Waals surface area contributed by atoms with Gasteiger partial charge in [-0.1, -0.05) is 0 Å². The highest BCUT2D eigenvalue weighted by Crippen LogP contribution is 2.21. The number of nitrogens with zero attached hydrogens (tertiary/aromatic N) is 2. The van der Waals surface area contributed by atoms with Crippen LogP contribution in [0.15, 0.2) is 6.20 Å². The molecule has 1 aliphatic heterocycles. The zero-order valence-electron chi connectivity index (χ0n) is 13.1. The Labute approximate surface area is 134 Å². The lowest BCUT2D eigenvalue weighted by Gasteiger charge is -2.21. The Morgan fingerprint density at radius 2 is 2.18 bits per heavy atom. The normalized spacial score (nSPS) is 13.8. The Balaban J connectivity index is 1.79. The Kier molecular flexibility index (Phi) is 4.22. The molecule has 0 aliphatic carbocycles. The zero-order chi connectivity index (χ0) is 15.7. The number of hydrogen-bond acceptors (Lipinski definition) is 5. The molecule has 3 rings (SSSR count). The molecular formula is C16H20N4OS. The van der Waals surface area contributed by atoms with Gasteiger partial charge in [0.25, 0.3) is 5.91 Å². The molecule has 2 aromatic heterocycles. The number of carbonyl (C=O) groups is 1. The number of pyridine rings is 1. The topological polar surface area (TPSA) is 66.9 Å². The Morgan fingerprint density at radius 1 is 1.36 bits per heavy atom. The van der Waals surface area contributed by atoms with Crippen molar-refractivity contribution in [1.82, 2.24) is 20.6 Å². The van der Waals surface area contributed by atoms with Crippen LogP contribution in [0.1, 0.15) is 42.8 Å². The number of hydrogen-bond donors (Lipinski definition) is 2. The maximum absolute atomic E-state index is 12.4. The number of amides is 1. The van der Waals surface area contributed by atoms with E-state index in [0.29, 0.717) is 11.4 Å². The van der Waals surface area contributed by atoms with E-state index in [1.165, 1.54) is 22.5 Å². The molecule has 2 aromatic rings. The molecule has 22 heavy (non-hydrogen) atoms. The fourth-order valence-electron chi connectivity index (χ4n) is 2.87. The van der Waals surface area contributed by atoms with Crippen molar-refractivity contribution in [3.63, 3.8) is 0 Å². The van der Waals surface area contributed by atoms with Gasteiger partial charge < -0.3 is 10.6 Å². The first-order chi connectivity index (χ1) is 10.6. The summed E-state index contributed by atoms with van der Waals surface area (Å²) >= 11 is 1.44. The summed E-state index contributed by atoms with van der Waals surface area (Å²) in [4.78, 5) is 21.8. The van der Waals surface area contributed by atoms with Crippen LogP contribution >= 0.6 is 11.3 Å². The quantitative estimate of drug-likeness (QED) is 0.909. The van der Waals surface area contributed by atoms with Crippen LogP contribution in [0.25, 0.3) is 0 Å². The van der Waals surface area contributed by atoms with Gasteiger partial charge in [-0.2, -0.15) is 0 Å². The molecule has 1 aliphatic rings. The van der Waals surface area contributed by atoms with E-state index in [-0.39, 0.29) is 5.91 Å². The summed E-state index contributed by atoms with van der Waals surface area (Å²) in [6.45, 7) is 8.16. The van der Waals surface area contributed by atoms with Crippen LogP contribution < -0.4 is 10.6 Å². The third-order valence-corrected chi connectivity index (χ3v) is 5.08. The van der Waals surface area contributed by atoms with Gasteiger partial charge in [0.1, 0.15) is 4.88 Å². The van der Waals surface area contributed by atoms with E-state index in [4.69, 9.17) is 0 Å². The molecule has 0 saturated carbocycles. The molecule has 116 valence electrons. The van der Waals surface area contributed by atoms with E-state index in [2.05, 4.69) is 20.6 Å². The number of fused-ring (bicyclic) bond motifs is 1. The van der Waals surface area contributed by atoms with Crippen LogP contribution in [0.2, 0.25) is 0 Å². The van der Waals surface area contributed by atoms with Gasteiger partial charge in [-0.05, 0) is 50.4 Å². The Morgan fingerprint density at radius 3 is 2.91 bits per heavy atom. The van der Waals surface area contributed by atoms with E-state index in [1.54, 1.807) is 0 Å². The predicted molar refractivity (Wildman–Crippen MR) is 87.1 cm³/mol. The van der Waals surface area contributed by atoms with E-state index in [1.807, 2.05) is 27.0 Å². The highest BCUT2D eigenvalue weighted by molar-refractivity contribution is 7.13. The number of rotatable bonds is 3. The van der Waals surface area contributed by atoms with Gasteiger partial charge in [-0.3, -0.25) is 9.78 Å². The third-order valence-electron chi connectivity index (χ3n) is 4.01. The molecule has 5 nitrogen and oxygen atoms in total. The van der Waals surface area contributed by atoms with Crippen molar-refractivity contribution in [3.05, 3.63) is 44.2 Å². The van der Waals surface area contributed by atoms with Crippen molar-refractivity contribution in [1.29, 1.82) is 0 Å². The monoisotopic (exact) mass is 316 g/mol. The molecular weight excluding hydrogens is 296 g/mol. The summed E-state index contributed by atoms with van der Waals surface area (Å²) < 4.78 is 0. The molecule has 0 unspecified atom stereocenters. The van der Waals surface area contributed by atoms with E-state index in [0.717, 1.165) is 41.5 Å². The standard InChI is InChI=1S/C16H20N4OS/c1-9-14(13-4-5-17-6-12(13)7-18-9)8-19-16(21)15-10(2)20-11(3)22-15/h7,17H,4-6,8H2,1-3H3,(H,19,21). The van der Waals surface area contributed by atoms with Gasteiger partial charge in [0, 0.05) is 25.0 Å². The van der Waals surface area contributed by atoms with Gasteiger partial charge in [0.2, 0.25) is 0 Å². The maximum atomic E-state index is 12.4. The van der Waals surface area contributed by atoms with E-state index < -0.39 is 0 Å². The smallest absolute Gasteiger partial charge is 0.263 e. The largest absolute Gasteiger partial charge is 0.347 e. The Hall–Kier alpha value is -1.79. The van der Waals surface area contributed by atoms with Gasteiger partial charge in [-0.15, -0.1) is 11.3 Å². The minimum Gasteiger partial charge on any atom is -0.347 e. The third kappa shape index (κ3) is 2.89. The SMILES string of the molecule is Cc1nc(C)c(C(=O)NCc2c(C)ncc3c2CCNC3)s1. The van der Waals surface area contributed by atoms with Gasteiger partial charge in [-0.25, -0.2) is 4.98 Å². The molecule has 6 heteroatoms. The summed E-state index contributed by atoms with van der Waals surface area (Å²) in [7, 11) is 0. The lowest BCUT2D eigenvalue weighted by Crippen LogP contribution is -2.28. The second kappa shape index (κ2) is 6.14. The van der Waals surface area contributed by atoms with Crippen molar-refractivity contribution in [2.24, 2.45) is 0 Å². The molecule has 0 atom stereocenters. The lowest BCUT2D eigenvalue weighted by atomic mass is 9.96. The first kappa shape index (κ1) is 15.1. The molecule has 3 heterocycles. The summed E-state index contributed by atoms with van der Waals surface area (Å²) in [6, 6.07) is 0. The van der Waals surface area contributed by atoms with Crippen molar-refractivity contribution >= 4 is 17.2 Å². The Bertz CT molecular complexity index is 723. The second-order valence-electron chi connectivity index (χ2n) is 5.58. The van der Waals surface area contributed by atoms with Crippen molar-refractivity contribution < 1.29 is 4.79 Å². The molecule has 2 N–H and O–H groups in total. The highest BCUT2D eigenvalue weighted by atomic mass is 32.1. The van der Waals surface area contributed by atoms with Crippen molar-refractivity contribution in [2.75, 3.05) is 6.54 Å². The summed E-state index contributed by atoms with van der Waals surface area (Å²) in [5.41, 5.74) is 5.54. The van der Waals surface area contributed by atoms with Crippen LogP contribution in [0.3, 0.4) is 0 Å². The first-order valence-electron chi connectivity index (χ1n) is 7.45. The number of aryl methyl sites for hydroxylation is 3. The van der Waals surface area contributed by atoms with Crippen LogP contribution in [-0.2, 0) is 19.5 Å². The van der Waals surface area contributed by atoms with Gasteiger partial charge in [0.15, 0.2) is 0 Å². The summed E-state index contributed by atoms with van der Waals surface area (Å²) in [5.74, 6) is -0.0472. The minimum absolute atomic E-state index is 0.0472. The fraction of sp³-hybridized carbons (Fsp3) is 0.438. The van der Waals surface area contributed by atoms with Gasteiger partial charge >= 0.3 is 0 Å². The molecule has 0 saturated heterocycles. The lowest BCUT2D eigenvalue weighted by molar-refractivity contribution is 0.0954. The number of carbonyl (C=O) groups excluding carboxylic acids is 1. The molecule has 1 amide bonds. The highest BCUT2D eigenvalue weighted by Gasteiger charge is 2.18. The number of nitrogens with one attached hydrogen (secondary N) is 2. The van der Waals surface area contributed by atoms with Crippen LogP contribution in [0.4, 0.5) is 0 Å². The molecule has 0 radical (unpaired) electrons. The average molecular weight is 316 g/mol. The second-order valence-corrected chi connectivity index (χ2v) is 6.79. The summed E-state index contributed by atoms with van der Waals surface area (Å²) in [5, 5.41) is 7.31. The molecule has 0 spiro atoms.